The van der Waals surface area contributed by atoms with E-state index < -0.39 is 83.4 Å². The van der Waals surface area contributed by atoms with E-state index in [0.717, 1.165) is 72.0 Å². The molecule has 760 valence electrons. The van der Waals surface area contributed by atoms with Crippen LogP contribution in [0.25, 0.3) is 0 Å². The molecule has 0 saturated heterocycles. The van der Waals surface area contributed by atoms with Crippen molar-refractivity contribution in [1.82, 2.24) is 0 Å². The summed E-state index contributed by atoms with van der Waals surface area (Å²) < 4.78 is 0. The van der Waals surface area contributed by atoms with E-state index in [2.05, 4.69) is 379 Å². The molecule has 3 aromatic carbocycles. The number of benzene rings is 3. The molecule has 8 fully saturated rings. The van der Waals surface area contributed by atoms with Crippen LogP contribution in [0.4, 0.5) is 0 Å². The summed E-state index contributed by atoms with van der Waals surface area (Å²) in [6.45, 7) is 35.8. The Bertz CT molecular complexity index is 4500. The zero-order chi connectivity index (χ0) is 94.0. The van der Waals surface area contributed by atoms with Crippen molar-refractivity contribution in [3.63, 3.8) is 0 Å². The minimum atomic E-state index is -0.826. The fourth-order valence-corrected chi connectivity index (χ4v) is 30.2. The van der Waals surface area contributed by atoms with Crippen LogP contribution >= 0.6 is 68.1 Å². The number of hydrogen-bond acceptors (Lipinski definition) is 0. The van der Waals surface area contributed by atoms with Crippen molar-refractivity contribution in [2.24, 2.45) is 176 Å². The molecule has 24 unspecified atom stereocenters. The second-order valence-corrected chi connectivity index (χ2v) is 58.2. The third-order valence-electron chi connectivity index (χ3n) is 35.5. The van der Waals surface area contributed by atoms with Crippen LogP contribution in [0, 0.1) is 235 Å². The van der Waals surface area contributed by atoms with Gasteiger partial charge in [-0.3, -0.25) is 0 Å². The number of hydrogen-bond donors (Lipinski definition) is 0. The van der Waals surface area contributed by atoms with Gasteiger partial charge in [0, 0.05) is 10.8 Å². The Morgan fingerprint density at radius 3 is 0.914 bits per heavy atom. The van der Waals surface area contributed by atoms with Gasteiger partial charge >= 0.3 is 151 Å². The topological polar surface area (TPSA) is 0 Å². The normalized spacial score (nSPS) is 31.4. The van der Waals surface area contributed by atoms with E-state index >= 15 is 0 Å². The van der Waals surface area contributed by atoms with Crippen molar-refractivity contribution in [1.29, 1.82) is 0 Å². The first-order chi connectivity index (χ1) is 64.1. The fourth-order valence-electron chi connectivity index (χ4n) is 30.2. The number of rotatable bonds is 24. The van der Waals surface area contributed by atoms with E-state index in [1.807, 2.05) is 0 Å². The fraction of sp³-hybridized carbons (Fsp3) is 0.484. The molecule has 24 atom stereocenters. The van der Waals surface area contributed by atoms with Gasteiger partial charge in [0.1, 0.15) is 0 Å². The number of unbranched alkanes of at least 4 members (excludes halogenated alkanes) is 1. The quantitative estimate of drug-likeness (QED) is 0.0476. The molecule has 0 bridgehead atoms. The average Bonchev–Trinajstić information content (AvgIpc) is 1.55. The molecule has 0 radical (unpaired) electrons. The van der Waals surface area contributed by atoms with Crippen LogP contribution in [0.5, 0.6) is 0 Å². The van der Waals surface area contributed by atoms with Gasteiger partial charge in [-0.15, -0.1) is 26.3 Å². The monoisotopic (exact) mass is 2350 g/mol. The number of halogens is 8. The molecule has 0 heterocycles. The maximum absolute atomic E-state index is 4.93. The van der Waals surface area contributed by atoms with Crippen LogP contribution in [-0.4, -0.2) is 0 Å². The second kappa shape index (κ2) is 64.2. The summed E-state index contributed by atoms with van der Waals surface area (Å²) in [6.07, 6.45) is 111. The van der Waals surface area contributed by atoms with E-state index in [-0.39, 0.29) is 75.7 Å². The van der Waals surface area contributed by atoms with Crippen molar-refractivity contribution < 1.29 is 83.4 Å². The summed E-state index contributed by atoms with van der Waals surface area (Å²) >= 11 is -3.30. The van der Waals surface area contributed by atoms with Gasteiger partial charge in [0.25, 0.3) is 0 Å². The molecular formula is C128H176Cl8Zr4. The van der Waals surface area contributed by atoms with Crippen molar-refractivity contribution in [2.45, 2.75) is 207 Å². The van der Waals surface area contributed by atoms with E-state index in [9.17, 15) is 0 Å². The summed E-state index contributed by atoms with van der Waals surface area (Å²) in [5, 5.41) is 0. The predicted octanol–water partition coefficient (Wildman–Crippen LogP) is 40.9. The molecule has 140 heavy (non-hydrogen) atoms. The molecule has 16 aliphatic rings. The van der Waals surface area contributed by atoms with Crippen LogP contribution in [0.3, 0.4) is 0 Å². The first-order valence-electron chi connectivity index (χ1n) is 50.4. The van der Waals surface area contributed by atoms with Gasteiger partial charge in [-0.1, -0.05) is 384 Å². The Labute approximate surface area is 935 Å². The van der Waals surface area contributed by atoms with Gasteiger partial charge in [0.05, 0.1) is 0 Å². The Balaban J connectivity index is 0.000000369. The average molecular weight is 2360 g/mol. The Kier molecular flexibility index (Phi) is 59.9. The van der Waals surface area contributed by atoms with Gasteiger partial charge in [0.2, 0.25) is 0 Å². The SMILES string of the molecule is C=CCCC1CCC(C(C)(C)C2C3C=C(C)C=CC3C3C=CC(C(C)(C)C)=CC32)C1.C=CCCC1CCC(C(C)(C)C2C3C=CC=CC3C3C=CC=CC32)C1.C=CCCC1CCC(C(c2ccccc2)(c2ccccc2)C2C3C=CC=CC3C3C=CC=CC32)C1.C=CCCCC(c1ccccc1)(C1CCCC1)C1C2C=CC=CC2C2C=CC=CC21.[CH3-].[CH3-].[CH3-].[CH3-].[CH3-].[CH3-].[CH3-].[CH3-].[Cl][Zr+2][Cl].[Cl][Zr+2][Cl].[Cl][Zr+2][Cl].[Cl][Zr+2][Cl]. The van der Waals surface area contributed by atoms with Crippen LogP contribution in [0.1, 0.15) is 213 Å². The van der Waals surface area contributed by atoms with Gasteiger partial charge in [-0.2, -0.15) is 0 Å². The molecule has 19 rings (SSSR count). The van der Waals surface area contributed by atoms with Crippen LogP contribution in [-0.2, 0) is 94.2 Å². The van der Waals surface area contributed by atoms with Crippen molar-refractivity contribution >= 4 is 68.1 Å². The Morgan fingerprint density at radius 2 is 0.579 bits per heavy atom. The predicted molar refractivity (Wildman–Crippen MR) is 613 cm³/mol. The van der Waals surface area contributed by atoms with E-state index in [4.69, 9.17) is 68.1 Å². The molecule has 3 aromatic rings. The van der Waals surface area contributed by atoms with Crippen LogP contribution in [0.15, 0.2) is 335 Å². The number of fused-ring (bicyclic) bond motifs is 12. The summed E-state index contributed by atoms with van der Waals surface area (Å²) in [4.78, 5) is 0. The Hall–Kier alpha value is -1.69. The maximum atomic E-state index is 4.93. The van der Waals surface area contributed by atoms with E-state index in [1.165, 1.54) is 145 Å². The van der Waals surface area contributed by atoms with Gasteiger partial charge in [0.15, 0.2) is 0 Å². The summed E-state index contributed by atoms with van der Waals surface area (Å²) in [5.74, 6) is 18.9. The number of allylic oxidation sites excluding steroid dienone is 36. The molecule has 16 aliphatic carbocycles. The van der Waals surface area contributed by atoms with Gasteiger partial charge in [-0.05, 0) is 314 Å². The summed E-state index contributed by atoms with van der Waals surface area (Å²) in [5.41, 5.74) is 8.94. The standard InChI is InChI=1S/C35H38.C30H36.C30H44.C25H34.8CH3.8ClH.4Zr/c1-2-3-14-26-23-24-29(25-26)35(27-15-6-4-7-16-27,28-17-8-5-9-18-28)34-32-21-12-10-19-30(32)31-20-11-13-22-33(31)34;1-2-3-13-22-30(24-16-7-8-17-24,23-14-5-4-6-15-23)29-27-20-11-9-18-25(27)26-19-10-12-21-28(26)29;1-8-9-10-21-12-13-23(18-21)30(6,7)28-26-17-20(2)11-15-24(26)25-16-14-22(19-27(25)28)29(3,4)5;1-4-5-10-18-15-16-19(17-18)25(2,3)24-22-13-8-6-11-20(22)21-12-7-9-14-23(21)24;;;;;;;;;;;;;;;;;;;;/h2,4-13,15-22,26,29-34H,1,3,14,23-25H2;2,4-6,9-12,14-15,18-21,24-29H,1,3,7-8,13,16-17,22H2;8,11,14-17,19,21,23-28H,1,9-10,12-13,18H2,2-7H3;4,6-9,11-14,18-24H,1,5,10,15-17H2,2-3H3;8*1H3;8*1H;;;;/q;;;;8*-1;;;;;;;;;4*+4/p-8. The Morgan fingerprint density at radius 1 is 0.300 bits per heavy atom. The second-order valence-electron chi connectivity index (χ2n) is 43.3. The molecule has 12 heteroatoms. The van der Waals surface area contributed by atoms with E-state index in [1.54, 1.807) is 11.1 Å². The molecule has 0 spiro atoms. The minimum absolute atomic E-state index is 0. The van der Waals surface area contributed by atoms with Crippen LogP contribution in [0.2, 0.25) is 0 Å². The molecule has 8 saturated carbocycles. The van der Waals surface area contributed by atoms with Crippen LogP contribution < -0.4 is 0 Å². The van der Waals surface area contributed by atoms with Crippen molar-refractivity contribution in [3.05, 3.63) is 411 Å². The third kappa shape index (κ3) is 30.4. The van der Waals surface area contributed by atoms with Gasteiger partial charge in [-0.25, -0.2) is 0 Å². The third-order valence-corrected chi connectivity index (χ3v) is 35.5. The summed E-state index contributed by atoms with van der Waals surface area (Å²) in [7, 11) is 39.5. The zero-order valence-corrected chi connectivity index (χ0v) is 104. The molecule has 0 amide bonds. The molecule has 0 N–H and O–H groups in total. The summed E-state index contributed by atoms with van der Waals surface area (Å²) in [6, 6.07) is 34.9. The first-order valence-corrected chi connectivity index (χ1v) is 75.8. The van der Waals surface area contributed by atoms with Gasteiger partial charge < -0.3 is 59.4 Å². The van der Waals surface area contributed by atoms with E-state index in [0.29, 0.717) is 111 Å². The molecular weight excluding hydrogens is 2190 g/mol. The molecule has 0 aliphatic heterocycles. The molecule has 0 aromatic heterocycles. The molecule has 0 nitrogen and oxygen atoms in total. The van der Waals surface area contributed by atoms with Crippen molar-refractivity contribution in [2.75, 3.05) is 0 Å². The first kappa shape index (κ1) is 131. The van der Waals surface area contributed by atoms with Crippen molar-refractivity contribution in [3.8, 4) is 0 Å². The zero-order valence-electron chi connectivity index (χ0n) is 88.3.